The zero-order valence-electron chi connectivity index (χ0n) is 9.50. The Kier molecular flexibility index (Phi) is 2.91. The summed E-state index contributed by atoms with van der Waals surface area (Å²) in [4.78, 5) is 10.6. The minimum atomic E-state index is -0.842. The van der Waals surface area contributed by atoms with E-state index in [4.69, 9.17) is 18.9 Å². The molecular weight excluding hydrogens is 216 g/mol. The van der Waals surface area contributed by atoms with Crippen LogP contribution in [0.2, 0.25) is 0 Å². The first-order valence-corrected chi connectivity index (χ1v) is 5.21. The average molecular weight is 232 g/mol. The summed E-state index contributed by atoms with van der Waals surface area (Å²) in [6.45, 7) is 4.82. The first-order valence-electron chi connectivity index (χ1n) is 5.21. The van der Waals surface area contributed by atoms with Gasteiger partial charge in [-0.15, -0.1) is 0 Å². The van der Waals surface area contributed by atoms with Crippen molar-refractivity contribution in [3.05, 3.63) is 0 Å². The number of carbonyl (C=O) groups excluding carboxylic acids is 1. The number of aliphatic hydroxyl groups excluding tert-OH is 1. The van der Waals surface area contributed by atoms with Crippen LogP contribution < -0.4 is 0 Å². The lowest BCUT2D eigenvalue weighted by molar-refractivity contribution is -0.220. The Labute approximate surface area is 93.4 Å². The topological polar surface area (TPSA) is 74.2 Å². The number of carbonyl (C=O) groups is 1. The molecule has 0 bridgehead atoms. The van der Waals surface area contributed by atoms with E-state index in [1.165, 1.54) is 6.92 Å². The molecule has 2 saturated heterocycles. The number of ether oxygens (including phenoxy) is 4. The van der Waals surface area contributed by atoms with Gasteiger partial charge in [-0.25, -0.2) is 0 Å². The third-order valence-corrected chi connectivity index (χ3v) is 2.57. The standard InChI is InChI=1S/C10H16O6/c1-5(11)13-4-6-7(12)8-9(14-6)16-10(2,3)15-8/h6-9,12H,4H2,1-3H3/t6-,7-,8+,9-/m1/s1. The molecule has 16 heavy (non-hydrogen) atoms. The van der Waals surface area contributed by atoms with E-state index in [-0.39, 0.29) is 6.61 Å². The molecule has 0 unspecified atom stereocenters. The van der Waals surface area contributed by atoms with Crippen LogP contribution in [-0.4, -0.2) is 48.1 Å². The normalized spacial score (nSPS) is 40.8. The van der Waals surface area contributed by atoms with Crippen molar-refractivity contribution in [1.82, 2.24) is 0 Å². The molecule has 0 aromatic carbocycles. The molecule has 92 valence electrons. The lowest BCUT2D eigenvalue weighted by Crippen LogP contribution is -2.36. The van der Waals surface area contributed by atoms with E-state index in [0.717, 1.165) is 0 Å². The summed E-state index contributed by atoms with van der Waals surface area (Å²) in [5.74, 6) is -1.15. The summed E-state index contributed by atoms with van der Waals surface area (Å²) in [5, 5.41) is 9.88. The highest BCUT2D eigenvalue weighted by atomic mass is 16.8. The molecule has 6 nitrogen and oxygen atoms in total. The van der Waals surface area contributed by atoms with Crippen LogP contribution in [0.5, 0.6) is 0 Å². The van der Waals surface area contributed by atoms with E-state index >= 15 is 0 Å². The molecule has 0 radical (unpaired) electrons. The van der Waals surface area contributed by atoms with Gasteiger partial charge in [0.15, 0.2) is 12.1 Å². The summed E-state index contributed by atoms with van der Waals surface area (Å²) < 4.78 is 21.1. The Morgan fingerprint density at radius 1 is 1.44 bits per heavy atom. The molecular formula is C10H16O6. The number of fused-ring (bicyclic) bond motifs is 1. The maximum Gasteiger partial charge on any atom is 0.302 e. The molecule has 0 spiro atoms. The quantitative estimate of drug-likeness (QED) is 0.664. The van der Waals surface area contributed by atoms with Crippen LogP contribution in [0.1, 0.15) is 20.8 Å². The predicted octanol–water partition coefficient (Wildman–Crippen LogP) is -0.213. The van der Waals surface area contributed by atoms with E-state index in [2.05, 4.69) is 0 Å². The Morgan fingerprint density at radius 3 is 2.69 bits per heavy atom. The molecule has 2 aliphatic rings. The van der Waals surface area contributed by atoms with Gasteiger partial charge < -0.3 is 24.1 Å². The maximum absolute atomic E-state index is 10.6. The molecule has 2 heterocycles. The molecule has 2 aliphatic heterocycles. The molecule has 6 heteroatoms. The van der Waals surface area contributed by atoms with Crippen LogP contribution in [0, 0.1) is 0 Å². The van der Waals surface area contributed by atoms with Crippen molar-refractivity contribution in [2.45, 2.75) is 51.2 Å². The fourth-order valence-electron chi connectivity index (χ4n) is 1.90. The monoisotopic (exact) mass is 232 g/mol. The van der Waals surface area contributed by atoms with E-state index < -0.39 is 36.4 Å². The minimum Gasteiger partial charge on any atom is -0.463 e. The van der Waals surface area contributed by atoms with Gasteiger partial charge >= 0.3 is 5.97 Å². The molecule has 4 atom stereocenters. The van der Waals surface area contributed by atoms with E-state index in [0.29, 0.717) is 0 Å². The molecule has 1 N–H and O–H groups in total. The minimum absolute atomic E-state index is 0.0106. The van der Waals surface area contributed by atoms with Crippen molar-refractivity contribution < 1.29 is 28.8 Å². The largest absolute Gasteiger partial charge is 0.463 e. The first-order chi connectivity index (χ1) is 7.39. The fraction of sp³-hybridized carbons (Fsp3) is 0.900. The van der Waals surface area contributed by atoms with Crippen LogP contribution in [0.4, 0.5) is 0 Å². The molecule has 0 aromatic rings. The Hall–Kier alpha value is -0.690. The summed E-state index contributed by atoms with van der Waals surface area (Å²) >= 11 is 0. The van der Waals surface area contributed by atoms with Gasteiger partial charge in [0.1, 0.15) is 24.9 Å². The van der Waals surface area contributed by atoms with Crippen LogP contribution in [0.3, 0.4) is 0 Å². The van der Waals surface area contributed by atoms with Crippen LogP contribution in [-0.2, 0) is 23.7 Å². The molecule has 2 fully saturated rings. The van der Waals surface area contributed by atoms with E-state index in [1.54, 1.807) is 13.8 Å². The molecule has 0 amide bonds. The summed E-state index contributed by atoms with van der Waals surface area (Å²) in [5.41, 5.74) is 0. The lowest BCUT2D eigenvalue weighted by Gasteiger charge is -2.22. The Morgan fingerprint density at radius 2 is 2.12 bits per heavy atom. The predicted molar refractivity (Wildman–Crippen MR) is 51.3 cm³/mol. The fourth-order valence-corrected chi connectivity index (χ4v) is 1.90. The molecule has 0 aromatic heterocycles. The maximum atomic E-state index is 10.6. The number of rotatable bonds is 2. The van der Waals surface area contributed by atoms with Crippen molar-refractivity contribution >= 4 is 5.97 Å². The molecule has 0 aliphatic carbocycles. The van der Waals surface area contributed by atoms with Gasteiger partial charge in [-0.2, -0.15) is 0 Å². The van der Waals surface area contributed by atoms with Crippen molar-refractivity contribution in [2.75, 3.05) is 6.61 Å². The molecule has 0 saturated carbocycles. The Bertz CT molecular complexity index is 289. The van der Waals surface area contributed by atoms with E-state index in [9.17, 15) is 9.90 Å². The summed E-state index contributed by atoms with van der Waals surface area (Å²) in [6, 6.07) is 0. The van der Waals surface area contributed by atoms with Crippen LogP contribution in [0.25, 0.3) is 0 Å². The second kappa shape index (κ2) is 3.96. The van der Waals surface area contributed by atoms with Crippen LogP contribution >= 0.6 is 0 Å². The van der Waals surface area contributed by atoms with Gasteiger partial charge in [0, 0.05) is 6.92 Å². The SMILES string of the molecule is CC(=O)OC[C@H]1O[C@@H]2OC(C)(C)O[C@H]2[C@@H]1O. The number of hydrogen-bond donors (Lipinski definition) is 1. The first kappa shape index (κ1) is 11.8. The third-order valence-electron chi connectivity index (χ3n) is 2.57. The highest BCUT2D eigenvalue weighted by molar-refractivity contribution is 5.65. The zero-order valence-corrected chi connectivity index (χ0v) is 9.50. The van der Waals surface area contributed by atoms with Gasteiger partial charge in [0.25, 0.3) is 0 Å². The van der Waals surface area contributed by atoms with Gasteiger partial charge in [0.2, 0.25) is 0 Å². The van der Waals surface area contributed by atoms with Gasteiger partial charge in [0.05, 0.1) is 0 Å². The van der Waals surface area contributed by atoms with Crippen molar-refractivity contribution in [3.8, 4) is 0 Å². The van der Waals surface area contributed by atoms with Gasteiger partial charge in [-0.05, 0) is 13.8 Å². The number of hydrogen-bond acceptors (Lipinski definition) is 6. The average Bonchev–Trinajstić information content (AvgIpc) is 2.58. The second-order valence-electron chi connectivity index (χ2n) is 4.44. The summed E-state index contributed by atoms with van der Waals surface area (Å²) in [7, 11) is 0. The van der Waals surface area contributed by atoms with Gasteiger partial charge in [-0.1, -0.05) is 0 Å². The lowest BCUT2D eigenvalue weighted by atomic mass is 10.1. The zero-order chi connectivity index (χ0) is 11.9. The number of esters is 1. The second-order valence-corrected chi connectivity index (χ2v) is 4.44. The highest BCUT2D eigenvalue weighted by Crippen LogP contribution is 2.37. The van der Waals surface area contributed by atoms with Crippen molar-refractivity contribution in [1.29, 1.82) is 0 Å². The van der Waals surface area contributed by atoms with Crippen molar-refractivity contribution in [3.63, 3.8) is 0 Å². The molecule has 2 rings (SSSR count). The smallest absolute Gasteiger partial charge is 0.302 e. The van der Waals surface area contributed by atoms with E-state index in [1.807, 2.05) is 0 Å². The summed E-state index contributed by atoms with van der Waals surface area (Å²) in [6.07, 6.45) is -2.54. The van der Waals surface area contributed by atoms with Crippen LogP contribution in [0.15, 0.2) is 0 Å². The number of aliphatic hydroxyl groups is 1. The van der Waals surface area contributed by atoms with Crippen molar-refractivity contribution in [2.24, 2.45) is 0 Å². The van der Waals surface area contributed by atoms with Gasteiger partial charge in [-0.3, -0.25) is 4.79 Å². The Balaban J connectivity index is 1.92. The third kappa shape index (κ3) is 2.20. The highest BCUT2D eigenvalue weighted by Gasteiger charge is 2.54.